The van der Waals surface area contributed by atoms with Crippen LogP contribution in [0.25, 0.3) is 0 Å². The van der Waals surface area contributed by atoms with E-state index in [1.807, 2.05) is 18.2 Å². The van der Waals surface area contributed by atoms with Crippen molar-refractivity contribution in [2.45, 2.75) is 44.6 Å². The van der Waals surface area contributed by atoms with Crippen molar-refractivity contribution >= 4 is 11.9 Å². The van der Waals surface area contributed by atoms with Crippen LogP contribution in [0.2, 0.25) is 0 Å². The van der Waals surface area contributed by atoms with E-state index < -0.39 is 11.4 Å². The Morgan fingerprint density at radius 1 is 1.29 bits per heavy atom. The van der Waals surface area contributed by atoms with E-state index in [4.69, 9.17) is 0 Å². The molecule has 0 radical (unpaired) electrons. The summed E-state index contributed by atoms with van der Waals surface area (Å²) >= 11 is 0. The maximum Gasteiger partial charge on any atom is 0.311 e. The average Bonchev–Trinajstić information content (AvgIpc) is 3.19. The van der Waals surface area contributed by atoms with Crippen molar-refractivity contribution < 1.29 is 14.7 Å². The van der Waals surface area contributed by atoms with Gasteiger partial charge in [-0.3, -0.25) is 9.59 Å². The van der Waals surface area contributed by atoms with Gasteiger partial charge in [-0.15, -0.1) is 0 Å². The number of carbonyl (C=O) groups excluding carboxylic acids is 1. The topological polar surface area (TPSA) is 66.4 Å². The van der Waals surface area contributed by atoms with Crippen LogP contribution in [0.15, 0.2) is 30.3 Å². The van der Waals surface area contributed by atoms with Gasteiger partial charge in [-0.05, 0) is 37.7 Å². The first-order chi connectivity index (χ1) is 10.0. The lowest BCUT2D eigenvalue weighted by Gasteiger charge is -2.27. The van der Waals surface area contributed by atoms with Crippen molar-refractivity contribution in [3.05, 3.63) is 35.9 Å². The van der Waals surface area contributed by atoms with Crippen LogP contribution < -0.4 is 5.32 Å². The summed E-state index contributed by atoms with van der Waals surface area (Å²) in [5.41, 5.74) is 0.386. The molecule has 4 unspecified atom stereocenters. The number of hydrogen-bond donors (Lipinski definition) is 2. The molecule has 0 spiro atoms. The van der Waals surface area contributed by atoms with Gasteiger partial charge in [0.15, 0.2) is 0 Å². The van der Waals surface area contributed by atoms with Gasteiger partial charge < -0.3 is 10.4 Å². The molecular weight excluding hydrogens is 266 g/mol. The Balaban J connectivity index is 1.62. The zero-order valence-corrected chi connectivity index (χ0v) is 12.2. The molecule has 112 valence electrons. The van der Waals surface area contributed by atoms with Gasteiger partial charge >= 0.3 is 5.97 Å². The Morgan fingerprint density at radius 2 is 2.00 bits per heavy atom. The molecule has 4 nitrogen and oxygen atoms in total. The van der Waals surface area contributed by atoms with Crippen molar-refractivity contribution in [3.8, 4) is 0 Å². The molecule has 2 fully saturated rings. The predicted octanol–water partition coefficient (Wildman–Crippen LogP) is 2.55. The Bertz CT molecular complexity index is 556. The standard InChI is InChI=1S/C17H21NO3/c1-17(16(20)21)9-5-8-14(17)18-15(19)13-10-12(13)11-6-3-2-4-7-11/h2-4,6-7,12-14H,5,8-10H2,1H3,(H,18,19)(H,20,21). The monoisotopic (exact) mass is 287 g/mol. The Morgan fingerprint density at radius 3 is 2.67 bits per heavy atom. The van der Waals surface area contributed by atoms with Gasteiger partial charge in [-0.25, -0.2) is 0 Å². The number of rotatable bonds is 4. The number of nitrogens with one attached hydrogen (secondary N) is 1. The van der Waals surface area contributed by atoms with Crippen LogP contribution >= 0.6 is 0 Å². The number of carboxylic acid groups (broad SMARTS) is 1. The van der Waals surface area contributed by atoms with Gasteiger partial charge in [0.1, 0.15) is 0 Å². The molecule has 2 aliphatic carbocycles. The smallest absolute Gasteiger partial charge is 0.311 e. The predicted molar refractivity (Wildman–Crippen MR) is 78.8 cm³/mol. The van der Waals surface area contributed by atoms with Crippen LogP contribution in [0.1, 0.15) is 44.1 Å². The molecule has 1 amide bonds. The number of amides is 1. The Kier molecular flexibility index (Phi) is 3.47. The summed E-state index contributed by atoms with van der Waals surface area (Å²) in [6.07, 6.45) is 3.13. The van der Waals surface area contributed by atoms with Crippen molar-refractivity contribution in [1.82, 2.24) is 5.32 Å². The molecule has 1 aromatic carbocycles. The van der Waals surface area contributed by atoms with Crippen molar-refractivity contribution in [3.63, 3.8) is 0 Å². The second kappa shape index (κ2) is 5.17. The number of carboxylic acids is 1. The van der Waals surface area contributed by atoms with Gasteiger partial charge in [0, 0.05) is 12.0 Å². The minimum absolute atomic E-state index is 0.00560. The molecule has 2 saturated carbocycles. The third-order valence-electron chi connectivity index (χ3n) is 5.12. The first-order valence-corrected chi connectivity index (χ1v) is 7.61. The summed E-state index contributed by atoms with van der Waals surface area (Å²) in [5, 5.41) is 12.4. The van der Waals surface area contributed by atoms with Crippen LogP contribution in [0.3, 0.4) is 0 Å². The lowest BCUT2D eigenvalue weighted by atomic mass is 9.85. The summed E-state index contributed by atoms with van der Waals surface area (Å²) in [7, 11) is 0. The zero-order chi connectivity index (χ0) is 15.0. The normalized spacial score (nSPS) is 34.4. The molecule has 4 heteroatoms. The highest BCUT2D eigenvalue weighted by Crippen LogP contribution is 2.48. The van der Waals surface area contributed by atoms with E-state index in [0.29, 0.717) is 12.3 Å². The fourth-order valence-electron chi connectivity index (χ4n) is 3.49. The lowest BCUT2D eigenvalue weighted by molar-refractivity contribution is -0.149. The average molecular weight is 287 g/mol. The largest absolute Gasteiger partial charge is 0.481 e. The molecule has 4 atom stereocenters. The SMILES string of the molecule is CC1(C(=O)O)CCCC1NC(=O)C1CC1c1ccccc1. The van der Waals surface area contributed by atoms with Crippen LogP contribution in [-0.2, 0) is 9.59 Å². The van der Waals surface area contributed by atoms with E-state index in [1.165, 1.54) is 5.56 Å². The van der Waals surface area contributed by atoms with E-state index in [2.05, 4.69) is 17.4 Å². The second-order valence-electron chi connectivity index (χ2n) is 6.54. The molecule has 21 heavy (non-hydrogen) atoms. The van der Waals surface area contributed by atoms with Gasteiger partial charge in [0.05, 0.1) is 5.41 Å². The molecule has 2 aliphatic rings. The number of hydrogen-bond acceptors (Lipinski definition) is 2. The van der Waals surface area contributed by atoms with Crippen molar-refractivity contribution in [2.24, 2.45) is 11.3 Å². The van der Waals surface area contributed by atoms with E-state index in [9.17, 15) is 14.7 Å². The highest BCUT2D eigenvalue weighted by atomic mass is 16.4. The molecular formula is C17H21NO3. The van der Waals surface area contributed by atoms with Crippen LogP contribution in [0.4, 0.5) is 0 Å². The number of carbonyl (C=O) groups is 2. The summed E-state index contributed by atoms with van der Waals surface area (Å²) in [6.45, 7) is 1.74. The van der Waals surface area contributed by atoms with Crippen LogP contribution in [0.5, 0.6) is 0 Å². The van der Waals surface area contributed by atoms with E-state index in [-0.39, 0.29) is 17.9 Å². The Labute approximate surface area is 124 Å². The third kappa shape index (κ3) is 2.55. The highest BCUT2D eigenvalue weighted by molar-refractivity contribution is 5.84. The van der Waals surface area contributed by atoms with Crippen LogP contribution in [-0.4, -0.2) is 23.0 Å². The summed E-state index contributed by atoms with van der Waals surface area (Å²) < 4.78 is 0. The minimum atomic E-state index is -0.813. The molecule has 1 aromatic rings. The first-order valence-electron chi connectivity index (χ1n) is 7.61. The van der Waals surface area contributed by atoms with Crippen molar-refractivity contribution in [1.29, 1.82) is 0 Å². The lowest BCUT2D eigenvalue weighted by Crippen LogP contribution is -2.47. The molecule has 3 rings (SSSR count). The zero-order valence-electron chi connectivity index (χ0n) is 12.2. The molecule has 0 aromatic heterocycles. The Hall–Kier alpha value is -1.84. The third-order valence-corrected chi connectivity index (χ3v) is 5.12. The summed E-state index contributed by atoms with van der Waals surface area (Å²) in [6, 6.07) is 9.81. The second-order valence-corrected chi connectivity index (χ2v) is 6.54. The molecule has 2 N–H and O–H groups in total. The van der Waals surface area contributed by atoms with Gasteiger partial charge in [-0.2, -0.15) is 0 Å². The first kappa shape index (κ1) is 14.1. The number of benzene rings is 1. The van der Waals surface area contributed by atoms with Crippen LogP contribution in [0, 0.1) is 11.3 Å². The molecule has 0 heterocycles. The fraction of sp³-hybridized carbons (Fsp3) is 0.529. The maximum absolute atomic E-state index is 12.4. The van der Waals surface area contributed by atoms with E-state index >= 15 is 0 Å². The summed E-state index contributed by atoms with van der Waals surface area (Å²) in [5.74, 6) is -0.487. The van der Waals surface area contributed by atoms with Gasteiger partial charge in [0.2, 0.25) is 5.91 Å². The molecule has 0 aliphatic heterocycles. The molecule has 0 bridgehead atoms. The van der Waals surface area contributed by atoms with Gasteiger partial charge in [-0.1, -0.05) is 36.8 Å². The molecule has 0 saturated heterocycles. The quantitative estimate of drug-likeness (QED) is 0.894. The number of aliphatic carboxylic acids is 1. The van der Waals surface area contributed by atoms with E-state index in [0.717, 1.165) is 19.3 Å². The van der Waals surface area contributed by atoms with Crippen molar-refractivity contribution in [2.75, 3.05) is 0 Å². The highest BCUT2D eigenvalue weighted by Gasteiger charge is 2.49. The van der Waals surface area contributed by atoms with Gasteiger partial charge in [0.25, 0.3) is 0 Å². The summed E-state index contributed by atoms with van der Waals surface area (Å²) in [4.78, 5) is 23.8. The maximum atomic E-state index is 12.4. The fourth-order valence-corrected chi connectivity index (χ4v) is 3.49. The minimum Gasteiger partial charge on any atom is -0.481 e. The van der Waals surface area contributed by atoms with E-state index in [1.54, 1.807) is 6.92 Å².